The van der Waals surface area contributed by atoms with Crippen LogP contribution in [0.3, 0.4) is 0 Å². The smallest absolute Gasteiger partial charge is 0.304 e. The standard InChI is InChI=1S/C19H18ClN3O3/c20-15-3-7-18(8-4-15)26-17-5-1-13(2-6-17)14-10-22-23(11-14)12-16(21)9-19(24)25/h1-8,10-11,16H,9,12,21H2,(H,24,25)/t16-/m0/s1. The Hall–Kier alpha value is -2.83. The molecule has 0 aliphatic heterocycles. The molecular weight excluding hydrogens is 354 g/mol. The third-order valence-corrected chi connectivity index (χ3v) is 3.98. The Morgan fingerprint density at radius 3 is 2.35 bits per heavy atom. The lowest BCUT2D eigenvalue weighted by Crippen LogP contribution is -2.29. The van der Waals surface area contributed by atoms with Crippen molar-refractivity contribution in [2.75, 3.05) is 0 Å². The number of aromatic nitrogens is 2. The van der Waals surface area contributed by atoms with Crippen LogP contribution in [0.2, 0.25) is 5.02 Å². The van der Waals surface area contributed by atoms with Crippen LogP contribution in [0.25, 0.3) is 11.1 Å². The molecule has 1 aromatic heterocycles. The van der Waals surface area contributed by atoms with E-state index in [-0.39, 0.29) is 6.42 Å². The van der Waals surface area contributed by atoms with Crippen LogP contribution in [-0.2, 0) is 11.3 Å². The summed E-state index contributed by atoms with van der Waals surface area (Å²) in [6.45, 7) is 0.351. The van der Waals surface area contributed by atoms with Crippen molar-refractivity contribution in [3.8, 4) is 22.6 Å². The van der Waals surface area contributed by atoms with Crippen LogP contribution in [0.5, 0.6) is 11.5 Å². The Labute approximate surface area is 155 Å². The Morgan fingerprint density at radius 2 is 1.73 bits per heavy atom. The van der Waals surface area contributed by atoms with E-state index in [0.717, 1.165) is 11.1 Å². The molecule has 3 N–H and O–H groups in total. The summed E-state index contributed by atoms with van der Waals surface area (Å²) in [5.41, 5.74) is 7.69. The van der Waals surface area contributed by atoms with Gasteiger partial charge >= 0.3 is 5.97 Å². The van der Waals surface area contributed by atoms with E-state index >= 15 is 0 Å². The van der Waals surface area contributed by atoms with Gasteiger partial charge in [0.25, 0.3) is 0 Å². The van der Waals surface area contributed by atoms with Crippen LogP contribution in [0.4, 0.5) is 0 Å². The van der Waals surface area contributed by atoms with E-state index in [2.05, 4.69) is 5.10 Å². The zero-order valence-corrected chi connectivity index (χ0v) is 14.6. The van der Waals surface area contributed by atoms with Gasteiger partial charge in [-0.2, -0.15) is 5.10 Å². The first-order valence-electron chi connectivity index (χ1n) is 8.03. The summed E-state index contributed by atoms with van der Waals surface area (Å²) >= 11 is 5.86. The molecule has 2 aromatic carbocycles. The minimum Gasteiger partial charge on any atom is -0.481 e. The van der Waals surface area contributed by atoms with Gasteiger partial charge in [0.2, 0.25) is 0 Å². The first-order valence-corrected chi connectivity index (χ1v) is 8.41. The van der Waals surface area contributed by atoms with Gasteiger partial charge in [0, 0.05) is 22.8 Å². The number of hydrogen-bond donors (Lipinski definition) is 2. The van der Waals surface area contributed by atoms with Crippen LogP contribution in [0.1, 0.15) is 6.42 Å². The number of carbonyl (C=O) groups is 1. The molecular formula is C19H18ClN3O3. The Kier molecular flexibility index (Phi) is 5.55. The minimum atomic E-state index is -0.916. The van der Waals surface area contributed by atoms with Crippen molar-refractivity contribution in [3.63, 3.8) is 0 Å². The third kappa shape index (κ3) is 4.84. The quantitative estimate of drug-likeness (QED) is 0.659. The van der Waals surface area contributed by atoms with Gasteiger partial charge in [-0.15, -0.1) is 0 Å². The van der Waals surface area contributed by atoms with Gasteiger partial charge in [-0.3, -0.25) is 9.48 Å². The maximum Gasteiger partial charge on any atom is 0.304 e. The normalized spacial score (nSPS) is 11.9. The molecule has 0 aliphatic carbocycles. The molecule has 0 saturated heterocycles. The molecule has 0 saturated carbocycles. The second-order valence-electron chi connectivity index (χ2n) is 5.89. The zero-order valence-electron chi connectivity index (χ0n) is 13.9. The molecule has 0 amide bonds. The second kappa shape index (κ2) is 8.03. The lowest BCUT2D eigenvalue weighted by molar-refractivity contribution is -0.137. The van der Waals surface area contributed by atoms with E-state index in [1.165, 1.54) is 0 Å². The van der Waals surface area contributed by atoms with Crippen molar-refractivity contribution >= 4 is 17.6 Å². The molecule has 134 valence electrons. The Morgan fingerprint density at radius 1 is 1.12 bits per heavy atom. The van der Waals surface area contributed by atoms with Gasteiger partial charge in [0.15, 0.2) is 0 Å². The zero-order chi connectivity index (χ0) is 18.5. The van der Waals surface area contributed by atoms with E-state index in [1.807, 2.05) is 30.5 Å². The van der Waals surface area contributed by atoms with Gasteiger partial charge in [-0.1, -0.05) is 23.7 Å². The molecule has 0 bridgehead atoms. The average molecular weight is 372 g/mol. The number of benzene rings is 2. The van der Waals surface area contributed by atoms with Crippen molar-refractivity contribution in [3.05, 3.63) is 65.9 Å². The highest BCUT2D eigenvalue weighted by atomic mass is 35.5. The maximum atomic E-state index is 10.7. The van der Waals surface area contributed by atoms with Crippen LogP contribution in [0.15, 0.2) is 60.9 Å². The average Bonchev–Trinajstić information content (AvgIpc) is 3.05. The monoisotopic (exact) mass is 371 g/mol. The van der Waals surface area contributed by atoms with Crippen LogP contribution in [-0.4, -0.2) is 26.9 Å². The van der Waals surface area contributed by atoms with E-state index < -0.39 is 12.0 Å². The van der Waals surface area contributed by atoms with Gasteiger partial charge in [0.05, 0.1) is 19.2 Å². The van der Waals surface area contributed by atoms with Crippen LogP contribution >= 0.6 is 11.6 Å². The summed E-state index contributed by atoms with van der Waals surface area (Å²) in [5, 5.41) is 13.7. The van der Waals surface area contributed by atoms with Gasteiger partial charge in [0.1, 0.15) is 11.5 Å². The largest absolute Gasteiger partial charge is 0.481 e. The third-order valence-electron chi connectivity index (χ3n) is 3.73. The number of nitrogens with two attached hydrogens (primary N) is 1. The highest BCUT2D eigenvalue weighted by Gasteiger charge is 2.10. The second-order valence-corrected chi connectivity index (χ2v) is 6.33. The fourth-order valence-electron chi connectivity index (χ4n) is 2.50. The number of nitrogens with zero attached hydrogens (tertiary/aromatic N) is 2. The summed E-state index contributed by atoms with van der Waals surface area (Å²) in [4.78, 5) is 10.7. The summed E-state index contributed by atoms with van der Waals surface area (Å²) in [6, 6.07) is 14.3. The van der Waals surface area contributed by atoms with Crippen LogP contribution < -0.4 is 10.5 Å². The van der Waals surface area contributed by atoms with Crippen LogP contribution in [0, 0.1) is 0 Å². The molecule has 0 spiro atoms. The SMILES string of the molecule is N[C@@H](CC(=O)O)Cn1cc(-c2ccc(Oc3ccc(Cl)cc3)cc2)cn1. The van der Waals surface area contributed by atoms with Crippen molar-refractivity contribution in [2.45, 2.75) is 19.0 Å². The first kappa shape index (κ1) is 18.0. The molecule has 0 fully saturated rings. The fraction of sp³-hybridized carbons (Fsp3) is 0.158. The number of carboxylic acids is 1. The molecule has 0 radical (unpaired) electrons. The Bertz CT molecular complexity index is 876. The molecule has 7 heteroatoms. The summed E-state index contributed by atoms with van der Waals surface area (Å²) in [7, 11) is 0. The van der Waals surface area contributed by atoms with Crippen molar-refractivity contribution in [1.82, 2.24) is 9.78 Å². The number of hydrogen-bond acceptors (Lipinski definition) is 4. The maximum absolute atomic E-state index is 10.7. The van der Waals surface area contributed by atoms with Gasteiger partial charge in [-0.25, -0.2) is 0 Å². The molecule has 0 unspecified atom stereocenters. The molecule has 3 aromatic rings. The van der Waals surface area contributed by atoms with Crippen molar-refractivity contribution in [1.29, 1.82) is 0 Å². The number of ether oxygens (including phenoxy) is 1. The van der Waals surface area contributed by atoms with E-state index in [4.69, 9.17) is 27.2 Å². The lowest BCUT2D eigenvalue weighted by atomic mass is 10.1. The molecule has 1 heterocycles. The minimum absolute atomic E-state index is 0.0913. The molecule has 3 rings (SSSR count). The topological polar surface area (TPSA) is 90.4 Å². The fourth-order valence-corrected chi connectivity index (χ4v) is 2.62. The van der Waals surface area contributed by atoms with E-state index in [9.17, 15) is 4.79 Å². The predicted octanol–water partition coefficient (Wildman–Crippen LogP) is 3.80. The van der Waals surface area contributed by atoms with Gasteiger partial charge < -0.3 is 15.6 Å². The predicted molar refractivity (Wildman–Crippen MR) is 99.4 cm³/mol. The highest BCUT2D eigenvalue weighted by molar-refractivity contribution is 6.30. The highest BCUT2D eigenvalue weighted by Crippen LogP contribution is 2.26. The molecule has 26 heavy (non-hydrogen) atoms. The molecule has 1 atom stereocenters. The van der Waals surface area contributed by atoms with Crippen molar-refractivity contribution < 1.29 is 14.6 Å². The summed E-state index contributed by atoms with van der Waals surface area (Å²) in [6.07, 6.45) is 3.48. The number of aliphatic carboxylic acids is 1. The summed E-state index contributed by atoms with van der Waals surface area (Å²) < 4.78 is 7.42. The lowest BCUT2D eigenvalue weighted by Gasteiger charge is -2.08. The number of carboxylic acid groups (broad SMARTS) is 1. The van der Waals surface area contributed by atoms with E-state index in [1.54, 1.807) is 35.1 Å². The number of halogens is 1. The number of rotatable bonds is 7. The van der Waals surface area contributed by atoms with Gasteiger partial charge in [-0.05, 0) is 42.0 Å². The first-order chi connectivity index (χ1) is 12.5. The van der Waals surface area contributed by atoms with Crippen molar-refractivity contribution in [2.24, 2.45) is 5.73 Å². The summed E-state index contributed by atoms with van der Waals surface area (Å²) in [5.74, 6) is 0.510. The molecule has 6 nitrogen and oxygen atoms in total. The van der Waals surface area contributed by atoms with E-state index in [0.29, 0.717) is 23.1 Å². The molecule has 0 aliphatic rings. The Balaban J connectivity index is 1.65.